The van der Waals surface area contributed by atoms with Gasteiger partial charge in [0.25, 0.3) is 0 Å². The molecule has 3 heterocycles. The lowest BCUT2D eigenvalue weighted by atomic mass is 10.0. The third-order valence-electron chi connectivity index (χ3n) is 5.99. The van der Waals surface area contributed by atoms with Crippen LogP contribution in [0.25, 0.3) is 10.8 Å². The van der Waals surface area contributed by atoms with E-state index in [0.29, 0.717) is 35.3 Å². The molecule has 1 fully saturated rings. The molecule has 1 aliphatic heterocycles. The molecule has 0 aliphatic carbocycles. The molecule has 0 bridgehead atoms. The van der Waals surface area contributed by atoms with Gasteiger partial charge in [0.15, 0.2) is 5.78 Å². The molecule has 1 saturated heterocycles. The SMILES string of the molecule is CC(C)N1CCN(c2ncc(C(=O)CCc3ccc4c(N)nccc4c3)cc2Cl)CC1. The molecule has 0 amide bonds. The topological polar surface area (TPSA) is 75.3 Å². The van der Waals surface area contributed by atoms with Crippen LogP contribution in [-0.2, 0) is 6.42 Å². The Labute approximate surface area is 188 Å². The van der Waals surface area contributed by atoms with Crippen molar-refractivity contribution in [1.82, 2.24) is 14.9 Å². The van der Waals surface area contributed by atoms with Crippen molar-refractivity contribution in [3.8, 4) is 0 Å². The van der Waals surface area contributed by atoms with Gasteiger partial charge >= 0.3 is 0 Å². The maximum absolute atomic E-state index is 12.7. The number of aryl methyl sites for hydroxylation is 1. The first-order chi connectivity index (χ1) is 14.9. The number of carbonyl (C=O) groups is 1. The molecule has 162 valence electrons. The van der Waals surface area contributed by atoms with Crippen LogP contribution >= 0.6 is 11.6 Å². The molecule has 0 saturated carbocycles. The first-order valence-corrected chi connectivity index (χ1v) is 11.1. The quantitative estimate of drug-likeness (QED) is 0.582. The van der Waals surface area contributed by atoms with Crippen LogP contribution < -0.4 is 10.6 Å². The lowest BCUT2D eigenvalue weighted by molar-refractivity contribution is 0.0982. The second-order valence-electron chi connectivity index (χ2n) is 8.32. The molecular formula is C24H28ClN5O. The van der Waals surface area contributed by atoms with Crippen molar-refractivity contribution < 1.29 is 4.79 Å². The Morgan fingerprint density at radius 3 is 2.61 bits per heavy atom. The average molecular weight is 438 g/mol. The van der Waals surface area contributed by atoms with Crippen LogP contribution in [0.2, 0.25) is 5.02 Å². The number of benzene rings is 1. The standard InChI is InChI=1S/C24H28ClN5O/c1-16(2)29-9-11-30(12-10-29)24-21(25)14-19(15-28-24)22(31)6-4-17-3-5-20-18(13-17)7-8-27-23(20)26/h3,5,7-8,13-16H,4,6,9-12H2,1-2H3,(H2,26,27). The first-order valence-electron chi connectivity index (χ1n) is 10.7. The van der Waals surface area contributed by atoms with Crippen LogP contribution in [0.1, 0.15) is 36.2 Å². The number of aromatic nitrogens is 2. The van der Waals surface area contributed by atoms with Gasteiger partial charge in [0.05, 0.1) is 5.02 Å². The van der Waals surface area contributed by atoms with Crippen LogP contribution in [-0.4, -0.2) is 52.9 Å². The van der Waals surface area contributed by atoms with Gasteiger partial charge in [-0.05, 0) is 43.4 Å². The third kappa shape index (κ3) is 4.81. The van der Waals surface area contributed by atoms with Crippen molar-refractivity contribution in [3.63, 3.8) is 0 Å². The summed E-state index contributed by atoms with van der Waals surface area (Å²) in [6, 6.07) is 10.3. The minimum Gasteiger partial charge on any atom is -0.383 e. The number of piperazine rings is 1. The number of fused-ring (bicyclic) bond motifs is 1. The monoisotopic (exact) mass is 437 g/mol. The average Bonchev–Trinajstić information content (AvgIpc) is 2.77. The summed E-state index contributed by atoms with van der Waals surface area (Å²) >= 11 is 6.52. The van der Waals surface area contributed by atoms with Crippen molar-refractivity contribution in [2.24, 2.45) is 0 Å². The Bertz CT molecular complexity index is 1090. The number of hydrogen-bond donors (Lipinski definition) is 1. The lowest BCUT2D eigenvalue weighted by Crippen LogP contribution is -2.49. The minimum absolute atomic E-state index is 0.0416. The maximum Gasteiger partial charge on any atom is 0.164 e. The smallest absolute Gasteiger partial charge is 0.164 e. The molecule has 1 aromatic carbocycles. The molecule has 0 radical (unpaired) electrons. The molecular weight excluding hydrogens is 410 g/mol. The minimum atomic E-state index is 0.0416. The predicted octanol–water partition coefficient (Wildman–Crippen LogP) is 4.21. The number of rotatable bonds is 6. The van der Waals surface area contributed by atoms with Crippen LogP contribution in [0.4, 0.5) is 11.6 Å². The summed E-state index contributed by atoms with van der Waals surface area (Å²) in [6.07, 6.45) is 4.40. The summed E-state index contributed by atoms with van der Waals surface area (Å²) in [4.78, 5) is 26.0. The largest absolute Gasteiger partial charge is 0.383 e. The Morgan fingerprint density at radius 2 is 1.90 bits per heavy atom. The predicted molar refractivity (Wildman–Crippen MR) is 127 cm³/mol. The Kier molecular flexibility index (Phi) is 6.39. The van der Waals surface area contributed by atoms with E-state index in [1.807, 2.05) is 18.2 Å². The molecule has 0 unspecified atom stereocenters. The number of halogens is 1. The molecule has 0 spiro atoms. The molecule has 31 heavy (non-hydrogen) atoms. The Balaban J connectivity index is 1.40. The first kappa shape index (κ1) is 21.5. The number of Topliss-reactive ketones (excluding diaryl/α,β-unsaturated/α-hetero) is 1. The summed E-state index contributed by atoms with van der Waals surface area (Å²) in [5, 5.41) is 2.50. The Morgan fingerprint density at radius 1 is 1.13 bits per heavy atom. The summed E-state index contributed by atoms with van der Waals surface area (Å²) in [5.41, 5.74) is 7.56. The van der Waals surface area contributed by atoms with E-state index in [-0.39, 0.29) is 5.78 Å². The molecule has 1 aliphatic rings. The number of nitrogens with two attached hydrogens (primary N) is 1. The number of hydrogen-bond acceptors (Lipinski definition) is 6. The third-order valence-corrected chi connectivity index (χ3v) is 6.27. The number of anilines is 2. The van der Waals surface area contributed by atoms with Gasteiger partial charge in [-0.15, -0.1) is 0 Å². The maximum atomic E-state index is 12.7. The summed E-state index contributed by atoms with van der Waals surface area (Å²) in [6.45, 7) is 8.19. The zero-order chi connectivity index (χ0) is 22.0. The zero-order valence-corrected chi connectivity index (χ0v) is 18.8. The molecule has 7 heteroatoms. The molecule has 3 aromatic rings. The molecule has 2 N–H and O–H groups in total. The van der Waals surface area contributed by atoms with Crippen LogP contribution in [0.3, 0.4) is 0 Å². The summed E-state index contributed by atoms with van der Waals surface area (Å²) in [5.74, 6) is 1.33. The fourth-order valence-corrected chi connectivity index (χ4v) is 4.36. The van der Waals surface area contributed by atoms with Crippen molar-refractivity contribution >= 4 is 39.8 Å². The van der Waals surface area contributed by atoms with E-state index < -0.39 is 0 Å². The number of nitrogens with zero attached hydrogens (tertiary/aromatic N) is 4. The zero-order valence-electron chi connectivity index (χ0n) is 18.0. The van der Waals surface area contributed by atoms with Crippen molar-refractivity contribution in [2.75, 3.05) is 36.8 Å². The van der Waals surface area contributed by atoms with Gasteiger partial charge in [-0.2, -0.15) is 0 Å². The molecule has 2 aromatic heterocycles. The van der Waals surface area contributed by atoms with Gasteiger partial charge in [-0.3, -0.25) is 9.69 Å². The lowest BCUT2D eigenvalue weighted by Gasteiger charge is -2.37. The van der Waals surface area contributed by atoms with E-state index in [4.69, 9.17) is 17.3 Å². The van der Waals surface area contributed by atoms with Crippen LogP contribution in [0, 0.1) is 0 Å². The second kappa shape index (κ2) is 9.20. The van der Waals surface area contributed by atoms with E-state index in [9.17, 15) is 4.79 Å². The van der Waals surface area contributed by atoms with E-state index >= 15 is 0 Å². The normalized spacial score (nSPS) is 15.0. The fourth-order valence-electron chi connectivity index (χ4n) is 4.07. The van der Waals surface area contributed by atoms with Crippen LogP contribution in [0.15, 0.2) is 42.7 Å². The second-order valence-corrected chi connectivity index (χ2v) is 8.73. The fraction of sp³-hybridized carbons (Fsp3) is 0.375. The summed E-state index contributed by atoms with van der Waals surface area (Å²) < 4.78 is 0. The van der Waals surface area contributed by atoms with E-state index in [2.05, 4.69) is 39.7 Å². The molecule has 6 nitrogen and oxygen atoms in total. The van der Waals surface area contributed by atoms with Crippen molar-refractivity contribution in [3.05, 3.63) is 58.9 Å². The molecule has 0 atom stereocenters. The number of pyridine rings is 2. The van der Waals surface area contributed by atoms with E-state index in [1.165, 1.54) is 0 Å². The summed E-state index contributed by atoms with van der Waals surface area (Å²) in [7, 11) is 0. The van der Waals surface area contributed by atoms with Gasteiger partial charge in [0, 0.05) is 62.0 Å². The Hall–Kier alpha value is -2.70. The number of nitrogen functional groups attached to an aromatic ring is 1. The highest BCUT2D eigenvalue weighted by Gasteiger charge is 2.22. The van der Waals surface area contributed by atoms with E-state index in [0.717, 1.165) is 48.3 Å². The highest BCUT2D eigenvalue weighted by atomic mass is 35.5. The van der Waals surface area contributed by atoms with Gasteiger partial charge < -0.3 is 10.6 Å². The highest BCUT2D eigenvalue weighted by Crippen LogP contribution is 2.26. The van der Waals surface area contributed by atoms with Gasteiger partial charge in [0.2, 0.25) is 0 Å². The van der Waals surface area contributed by atoms with Crippen molar-refractivity contribution in [2.45, 2.75) is 32.7 Å². The van der Waals surface area contributed by atoms with Crippen molar-refractivity contribution in [1.29, 1.82) is 0 Å². The van der Waals surface area contributed by atoms with Gasteiger partial charge in [-0.25, -0.2) is 9.97 Å². The van der Waals surface area contributed by atoms with Gasteiger partial charge in [-0.1, -0.05) is 29.8 Å². The number of ketones is 1. The van der Waals surface area contributed by atoms with Crippen LogP contribution in [0.5, 0.6) is 0 Å². The van der Waals surface area contributed by atoms with Gasteiger partial charge in [0.1, 0.15) is 11.6 Å². The number of carbonyl (C=O) groups excluding carboxylic acids is 1. The van der Waals surface area contributed by atoms with E-state index in [1.54, 1.807) is 18.5 Å². The highest BCUT2D eigenvalue weighted by molar-refractivity contribution is 6.33. The molecule has 4 rings (SSSR count).